The van der Waals surface area contributed by atoms with Crippen molar-refractivity contribution < 1.29 is 37.3 Å². The number of methoxy groups -OCH3 is 1. The third-order valence-corrected chi connectivity index (χ3v) is 5.99. The van der Waals surface area contributed by atoms with E-state index in [4.69, 9.17) is 19.4 Å². The first kappa shape index (κ1) is 27.5. The molecule has 0 radical (unpaired) electrons. The van der Waals surface area contributed by atoms with E-state index < -0.39 is 12.1 Å². The topological polar surface area (TPSA) is 98.0 Å². The maximum absolute atomic E-state index is 13.0. The number of carbonyl (C=O) groups is 2. The lowest BCUT2D eigenvalue weighted by Gasteiger charge is -2.26. The number of ether oxygens (including phenoxy) is 2. The summed E-state index contributed by atoms with van der Waals surface area (Å²) < 4.78 is 46.7. The van der Waals surface area contributed by atoms with Crippen LogP contribution in [0.25, 0.3) is 21.9 Å². The van der Waals surface area contributed by atoms with Crippen molar-refractivity contribution in [3.63, 3.8) is 0 Å². The van der Waals surface area contributed by atoms with Crippen LogP contribution >= 0.6 is 0 Å². The molecule has 1 aromatic carbocycles. The quantitative estimate of drug-likeness (QED) is 0.451. The zero-order valence-electron chi connectivity index (χ0n) is 20.3. The minimum absolute atomic E-state index is 0.0247. The molecule has 1 saturated heterocycles. The molecule has 2 aromatic heterocycles. The lowest BCUT2D eigenvalue weighted by atomic mass is 10.2. The van der Waals surface area contributed by atoms with Gasteiger partial charge in [-0.3, -0.25) is 9.69 Å². The summed E-state index contributed by atoms with van der Waals surface area (Å²) in [5.41, 5.74) is 4.03. The van der Waals surface area contributed by atoms with E-state index in [0.717, 1.165) is 55.7 Å². The maximum atomic E-state index is 13.0. The minimum Gasteiger partial charge on any atom is -0.475 e. The number of alkyl halides is 3. The Kier molecular flexibility index (Phi) is 9.35. The summed E-state index contributed by atoms with van der Waals surface area (Å²) in [5, 5.41) is 11.4. The molecule has 0 unspecified atom stereocenters. The number of morpholine rings is 1. The first-order valence-corrected chi connectivity index (χ1v) is 11.6. The van der Waals surface area contributed by atoms with Crippen LogP contribution in [-0.2, 0) is 27.9 Å². The molecular weight excluding hydrogens is 481 g/mol. The number of carboxylic acid groups (broad SMARTS) is 1. The van der Waals surface area contributed by atoms with Crippen LogP contribution in [0.3, 0.4) is 0 Å². The molecule has 0 bridgehead atoms. The van der Waals surface area contributed by atoms with Gasteiger partial charge in [-0.05, 0) is 25.1 Å². The van der Waals surface area contributed by atoms with Gasteiger partial charge in [0.2, 0.25) is 0 Å². The minimum atomic E-state index is -5.08. The number of amides is 1. The number of hydrogen-bond donors (Lipinski definition) is 2. The average Bonchev–Trinajstić information content (AvgIpc) is 3.36. The van der Waals surface area contributed by atoms with Crippen molar-refractivity contribution in [2.75, 3.05) is 53.1 Å². The fourth-order valence-electron chi connectivity index (χ4n) is 4.19. The summed E-state index contributed by atoms with van der Waals surface area (Å²) in [7, 11) is 3.74. The average molecular weight is 513 g/mol. The number of rotatable bonds is 8. The smallest absolute Gasteiger partial charge is 0.475 e. The number of aliphatic carboxylic acids is 1. The Hall–Kier alpha value is -3.09. The number of nitrogens with zero attached hydrogens (tertiary/aromatic N) is 3. The number of fused-ring (bicyclic) bond motifs is 3. The number of aromatic nitrogens is 2. The number of carbonyl (C=O) groups excluding carboxylic acids is 1. The normalized spacial score (nSPS) is 14.6. The summed E-state index contributed by atoms with van der Waals surface area (Å²) in [4.78, 5) is 24.3. The number of hydrogen-bond acceptors (Lipinski definition) is 5. The number of nitrogens with one attached hydrogen (secondary N) is 1. The van der Waals surface area contributed by atoms with Gasteiger partial charge < -0.3 is 29.0 Å². The van der Waals surface area contributed by atoms with Crippen LogP contribution in [0.4, 0.5) is 13.2 Å². The van der Waals surface area contributed by atoms with E-state index in [9.17, 15) is 18.0 Å². The van der Waals surface area contributed by atoms with Crippen molar-refractivity contribution >= 4 is 33.8 Å². The molecule has 0 saturated carbocycles. The van der Waals surface area contributed by atoms with Gasteiger partial charge in [0, 0.05) is 45.7 Å². The fraction of sp³-hybridized carbons (Fsp3) is 0.500. The van der Waals surface area contributed by atoms with Crippen molar-refractivity contribution in [2.45, 2.75) is 19.1 Å². The molecule has 3 aromatic rings. The zero-order valence-corrected chi connectivity index (χ0v) is 20.3. The molecule has 1 aliphatic heterocycles. The number of para-hydroxylation sites is 1. The number of benzene rings is 1. The van der Waals surface area contributed by atoms with Gasteiger partial charge in [-0.15, -0.1) is 0 Å². The van der Waals surface area contributed by atoms with Crippen LogP contribution in [0.2, 0.25) is 0 Å². The molecule has 0 spiro atoms. The summed E-state index contributed by atoms with van der Waals surface area (Å²) in [6.45, 7) is 6.43. The van der Waals surface area contributed by atoms with E-state index in [1.165, 1.54) is 5.52 Å². The highest BCUT2D eigenvalue weighted by molar-refractivity contribution is 6.10. The third kappa shape index (κ3) is 6.56. The van der Waals surface area contributed by atoms with Crippen molar-refractivity contribution in [1.82, 2.24) is 19.4 Å². The van der Waals surface area contributed by atoms with Crippen LogP contribution in [0.5, 0.6) is 0 Å². The SMILES string of the molecule is COCCn1c(C(=O)NCCCN2CCOCC2)cc2c1c1ccccc1n2C.O=C(O)C(F)(F)F. The van der Waals surface area contributed by atoms with Crippen molar-refractivity contribution in [1.29, 1.82) is 0 Å². The van der Waals surface area contributed by atoms with E-state index in [1.54, 1.807) is 7.11 Å². The van der Waals surface area contributed by atoms with E-state index in [2.05, 4.69) is 38.5 Å². The van der Waals surface area contributed by atoms with Gasteiger partial charge in [-0.1, -0.05) is 18.2 Å². The van der Waals surface area contributed by atoms with Gasteiger partial charge in [0.25, 0.3) is 5.91 Å². The standard InChI is InChI=1S/C22H30N4O3.C2HF3O2/c1-24-18-7-4-3-6-17(18)21-19(24)16-20(26(21)12-13-28-2)22(27)23-8-5-9-25-10-14-29-15-11-25;3-2(4,5)1(6)7/h3-4,6-7,16H,5,8-15H2,1-2H3,(H,23,27);(H,6,7). The molecule has 12 heteroatoms. The highest BCUT2D eigenvalue weighted by atomic mass is 19.4. The van der Waals surface area contributed by atoms with Crippen molar-refractivity contribution in [3.05, 3.63) is 36.0 Å². The van der Waals surface area contributed by atoms with E-state index >= 15 is 0 Å². The predicted molar refractivity (Wildman–Crippen MR) is 128 cm³/mol. The van der Waals surface area contributed by atoms with Crippen LogP contribution < -0.4 is 5.32 Å². The van der Waals surface area contributed by atoms with E-state index in [1.807, 2.05) is 18.2 Å². The number of halogens is 3. The van der Waals surface area contributed by atoms with E-state index in [0.29, 0.717) is 25.4 Å². The molecule has 1 amide bonds. The second-order valence-corrected chi connectivity index (χ2v) is 8.35. The second kappa shape index (κ2) is 12.2. The Morgan fingerprint density at radius 1 is 1.14 bits per heavy atom. The van der Waals surface area contributed by atoms with Crippen LogP contribution in [0.15, 0.2) is 30.3 Å². The van der Waals surface area contributed by atoms with Gasteiger partial charge in [0.05, 0.1) is 36.4 Å². The Morgan fingerprint density at radius 2 is 1.81 bits per heavy atom. The zero-order chi connectivity index (χ0) is 26.3. The van der Waals surface area contributed by atoms with Crippen LogP contribution in [0.1, 0.15) is 16.9 Å². The molecular formula is C24H31F3N4O5. The number of aryl methyl sites for hydroxylation is 1. The molecule has 0 aliphatic carbocycles. The van der Waals surface area contributed by atoms with E-state index in [-0.39, 0.29) is 5.91 Å². The fourth-order valence-corrected chi connectivity index (χ4v) is 4.19. The lowest BCUT2D eigenvalue weighted by molar-refractivity contribution is -0.192. The summed E-state index contributed by atoms with van der Waals surface area (Å²) in [6.07, 6.45) is -4.15. The van der Waals surface area contributed by atoms with Gasteiger partial charge in [-0.2, -0.15) is 13.2 Å². The molecule has 4 rings (SSSR count). The maximum Gasteiger partial charge on any atom is 0.490 e. The number of carboxylic acids is 1. The summed E-state index contributed by atoms with van der Waals surface area (Å²) in [6, 6.07) is 10.3. The molecule has 198 valence electrons. The summed E-state index contributed by atoms with van der Waals surface area (Å²) in [5.74, 6) is -2.78. The monoisotopic (exact) mass is 512 g/mol. The Labute approximate surface area is 206 Å². The molecule has 0 atom stereocenters. The van der Waals surface area contributed by atoms with Gasteiger partial charge in [0.1, 0.15) is 5.69 Å². The first-order valence-electron chi connectivity index (χ1n) is 11.6. The molecule has 36 heavy (non-hydrogen) atoms. The largest absolute Gasteiger partial charge is 0.490 e. The molecule has 9 nitrogen and oxygen atoms in total. The highest BCUT2D eigenvalue weighted by Gasteiger charge is 2.38. The van der Waals surface area contributed by atoms with Crippen molar-refractivity contribution in [2.24, 2.45) is 7.05 Å². The molecule has 3 heterocycles. The first-order chi connectivity index (χ1) is 17.1. The van der Waals surface area contributed by atoms with Crippen molar-refractivity contribution in [3.8, 4) is 0 Å². The lowest BCUT2D eigenvalue weighted by Crippen LogP contribution is -2.38. The Bertz CT molecular complexity index is 1180. The highest BCUT2D eigenvalue weighted by Crippen LogP contribution is 2.31. The van der Waals surface area contributed by atoms with Gasteiger partial charge in [0.15, 0.2) is 0 Å². The summed E-state index contributed by atoms with van der Waals surface area (Å²) >= 11 is 0. The van der Waals surface area contributed by atoms with Crippen LogP contribution in [-0.4, -0.2) is 90.3 Å². The molecule has 1 aliphatic rings. The third-order valence-electron chi connectivity index (χ3n) is 5.99. The predicted octanol–water partition coefficient (Wildman–Crippen LogP) is 2.86. The van der Waals surface area contributed by atoms with Gasteiger partial charge >= 0.3 is 12.1 Å². The molecule has 1 fully saturated rings. The molecule has 2 N–H and O–H groups in total. The second-order valence-electron chi connectivity index (χ2n) is 8.35. The Balaban J connectivity index is 0.000000454. The van der Waals surface area contributed by atoms with Gasteiger partial charge in [-0.25, -0.2) is 4.79 Å². The van der Waals surface area contributed by atoms with Crippen LogP contribution in [0, 0.1) is 0 Å². The Morgan fingerprint density at radius 3 is 2.44 bits per heavy atom.